The SMILES string of the molecule is O=C1N[C@]2(CC[C@H](C(F)(F)F)CC2)C(O)=C1c1cc(-c2ccc(F)c(F)c2)ccc1Cl. The second-order valence-corrected chi connectivity index (χ2v) is 8.31. The van der Waals surface area contributed by atoms with E-state index in [0.29, 0.717) is 11.1 Å². The molecule has 3 nitrogen and oxygen atoms in total. The van der Waals surface area contributed by atoms with Crippen LogP contribution in [0.1, 0.15) is 31.2 Å². The van der Waals surface area contributed by atoms with Gasteiger partial charge in [0.25, 0.3) is 5.91 Å². The van der Waals surface area contributed by atoms with Crippen molar-refractivity contribution < 1.29 is 31.9 Å². The third kappa shape index (κ3) is 3.78. The van der Waals surface area contributed by atoms with Crippen molar-refractivity contribution in [1.82, 2.24) is 5.32 Å². The highest BCUT2D eigenvalue weighted by molar-refractivity contribution is 6.35. The molecule has 1 aliphatic carbocycles. The molecular formula is C22H17ClF5NO2. The van der Waals surface area contributed by atoms with E-state index in [4.69, 9.17) is 11.6 Å². The number of alkyl halides is 3. The Labute approximate surface area is 179 Å². The summed E-state index contributed by atoms with van der Waals surface area (Å²) in [5, 5.41) is 13.7. The first-order chi connectivity index (χ1) is 14.5. The summed E-state index contributed by atoms with van der Waals surface area (Å²) in [6.07, 6.45) is -4.88. The first-order valence-electron chi connectivity index (χ1n) is 9.60. The van der Waals surface area contributed by atoms with Crippen LogP contribution in [0.2, 0.25) is 5.02 Å². The van der Waals surface area contributed by atoms with Gasteiger partial charge in [0.1, 0.15) is 5.76 Å². The van der Waals surface area contributed by atoms with Gasteiger partial charge in [0.15, 0.2) is 11.6 Å². The van der Waals surface area contributed by atoms with E-state index in [0.717, 1.165) is 12.1 Å². The molecule has 2 N–H and O–H groups in total. The minimum absolute atomic E-state index is 0.0568. The molecule has 31 heavy (non-hydrogen) atoms. The Balaban J connectivity index is 1.72. The van der Waals surface area contributed by atoms with Crippen LogP contribution in [0.3, 0.4) is 0 Å². The summed E-state index contributed by atoms with van der Waals surface area (Å²) in [6, 6.07) is 7.77. The number of halogens is 6. The predicted molar refractivity (Wildman–Crippen MR) is 105 cm³/mol. The Morgan fingerprint density at radius 2 is 1.61 bits per heavy atom. The number of carbonyl (C=O) groups excluding carboxylic acids is 1. The van der Waals surface area contributed by atoms with Gasteiger partial charge in [-0.1, -0.05) is 23.7 Å². The van der Waals surface area contributed by atoms with Crippen molar-refractivity contribution in [3.8, 4) is 11.1 Å². The maximum Gasteiger partial charge on any atom is 0.391 e. The lowest BCUT2D eigenvalue weighted by Crippen LogP contribution is -2.48. The van der Waals surface area contributed by atoms with E-state index < -0.39 is 35.2 Å². The summed E-state index contributed by atoms with van der Waals surface area (Å²) in [7, 11) is 0. The fourth-order valence-electron chi connectivity index (χ4n) is 4.31. The third-order valence-corrected chi connectivity index (χ3v) is 6.39. The summed E-state index contributed by atoms with van der Waals surface area (Å²) in [6.45, 7) is 0. The molecule has 1 aliphatic heterocycles. The maximum absolute atomic E-state index is 13.6. The molecule has 1 fully saturated rings. The molecule has 0 saturated heterocycles. The number of carbonyl (C=O) groups is 1. The third-order valence-electron chi connectivity index (χ3n) is 6.06. The van der Waals surface area contributed by atoms with Crippen molar-refractivity contribution >= 4 is 23.1 Å². The molecule has 1 spiro atoms. The lowest BCUT2D eigenvalue weighted by atomic mass is 9.75. The molecule has 0 unspecified atom stereocenters. The minimum atomic E-state index is -4.32. The Bertz CT molecular complexity index is 1090. The average Bonchev–Trinajstić information content (AvgIpc) is 2.94. The van der Waals surface area contributed by atoms with Crippen molar-refractivity contribution in [3.05, 3.63) is 64.4 Å². The van der Waals surface area contributed by atoms with Gasteiger partial charge in [0.05, 0.1) is 17.0 Å². The number of aliphatic hydroxyl groups excluding tert-OH is 1. The number of hydrogen-bond acceptors (Lipinski definition) is 2. The summed E-state index contributed by atoms with van der Waals surface area (Å²) in [4.78, 5) is 12.7. The molecule has 2 aliphatic rings. The van der Waals surface area contributed by atoms with Crippen molar-refractivity contribution in [2.75, 3.05) is 0 Å². The van der Waals surface area contributed by atoms with Gasteiger partial charge in [-0.2, -0.15) is 13.2 Å². The summed E-state index contributed by atoms with van der Waals surface area (Å²) in [5.74, 6) is -4.53. The molecule has 164 valence electrons. The summed E-state index contributed by atoms with van der Waals surface area (Å²) in [5.41, 5.74) is -0.479. The smallest absolute Gasteiger partial charge is 0.391 e. The minimum Gasteiger partial charge on any atom is -0.509 e. The van der Waals surface area contributed by atoms with E-state index in [9.17, 15) is 31.9 Å². The van der Waals surface area contributed by atoms with E-state index in [1.54, 1.807) is 6.07 Å². The first kappa shape index (κ1) is 21.6. The monoisotopic (exact) mass is 457 g/mol. The largest absolute Gasteiger partial charge is 0.509 e. The number of nitrogens with one attached hydrogen (secondary N) is 1. The number of rotatable bonds is 2. The lowest BCUT2D eigenvalue weighted by molar-refractivity contribution is -0.184. The molecule has 4 rings (SSSR count). The van der Waals surface area contributed by atoms with Crippen molar-refractivity contribution in [3.63, 3.8) is 0 Å². The summed E-state index contributed by atoms with van der Waals surface area (Å²) >= 11 is 6.25. The van der Waals surface area contributed by atoms with Crippen LogP contribution in [0.5, 0.6) is 0 Å². The topological polar surface area (TPSA) is 49.3 Å². The molecule has 0 radical (unpaired) electrons. The highest BCUT2D eigenvalue weighted by Crippen LogP contribution is 2.47. The van der Waals surface area contributed by atoms with Gasteiger partial charge < -0.3 is 10.4 Å². The van der Waals surface area contributed by atoms with Gasteiger partial charge in [0, 0.05) is 10.6 Å². The Morgan fingerprint density at radius 3 is 2.23 bits per heavy atom. The predicted octanol–water partition coefficient (Wildman–Crippen LogP) is 6.18. The van der Waals surface area contributed by atoms with E-state index in [2.05, 4.69) is 5.32 Å². The van der Waals surface area contributed by atoms with Crippen LogP contribution in [-0.2, 0) is 4.79 Å². The van der Waals surface area contributed by atoms with Gasteiger partial charge in [-0.25, -0.2) is 8.78 Å². The van der Waals surface area contributed by atoms with Crippen LogP contribution in [0.15, 0.2) is 42.2 Å². The molecule has 0 atom stereocenters. The number of benzene rings is 2. The fraction of sp³-hybridized carbons (Fsp3) is 0.318. The highest BCUT2D eigenvalue weighted by Gasteiger charge is 2.52. The van der Waals surface area contributed by atoms with E-state index in [-0.39, 0.29) is 47.6 Å². The molecule has 1 amide bonds. The number of amides is 1. The van der Waals surface area contributed by atoms with Gasteiger partial charge >= 0.3 is 6.18 Å². The van der Waals surface area contributed by atoms with Crippen LogP contribution in [0.4, 0.5) is 22.0 Å². The van der Waals surface area contributed by atoms with E-state index in [1.807, 2.05) is 0 Å². The molecule has 1 heterocycles. The molecule has 0 aromatic heterocycles. The van der Waals surface area contributed by atoms with Gasteiger partial charge in [0.2, 0.25) is 0 Å². The van der Waals surface area contributed by atoms with Crippen LogP contribution in [0, 0.1) is 17.6 Å². The van der Waals surface area contributed by atoms with Crippen molar-refractivity contribution in [2.45, 2.75) is 37.4 Å². The number of aliphatic hydroxyl groups is 1. The molecule has 1 saturated carbocycles. The van der Waals surface area contributed by atoms with Crippen LogP contribution >= 0.6 is 11.6 Å². The van der Waals surface area contributed by atoms with Crippen LogP contribution in [0.25, 0.3) is 16.7 Å². The van der Waals surface area contributed by atoms with Crippen LogP contribution < -0.4 is 5.32 Å². The Hall–Kier alpha value is -2.61. The molecular weight excluding hydrogens is 441 g/mol. The zero-order chi connectivity index (χ0) is 22.6. The molecule has 9 heteroatoms. The quantitative estimate of drug-likeness (QED) is 0.529. The van der Waals surface area contributed by atoms with Gasteiger partial charge in [-0.3, -0.25) is 4.79 Å². The first-order valence-corrected chi connectivity index (χ1v) is 9.98. The zero-order valence-corrected chi connectivity index (χ0v) is 16.7. The standard InChI is InChI=1S/C22H17ClF5NO2/c23-15-3-1-11(12-2-4-16(24)17(25)10-12)9-14(15)18-19(30)21(29-20(18)31)7-5-13(6-8-21)22(26,27)28/h1-4,9-10,13,30H,5-8H2,(H,29,31)/t13-,21-. The van der Waals surface area contributed by atoms with Crippen molar-refractivity contribution in [1.29, 1.82) is 0 Å². The fourth-order valence-corrected chi connectivity index (χ4v) is 4.52. The second kappa shape index (κ2) is 7.51. The number of hydrogen-bond donors (Lipinski definition) is 2. The maximum atomic E-state index is 13.6. The Morgan fingerprint density at radius 1 is 1.00 bits per heavy atom. The highest BCUT2D eigenvalue weighted by atomic mass is 35.5. The lowest BCUT2D eigenvalue weighted by Gasteiger charge is -2.37. The second-order valence-electron chi connectivity index (χ2n) is 7.90. The van der Waals surface area contributed by atoms with Crippen molar-refractivity contribution in [2.24, 2.45) is 5.92 Å². The zero-order valence-electron chi connectivity index (χ0n) is 16.0. The van der Waals surface area contributed by atoms with E-state index in [1.165, 1.54) is 18.2 Å². The normalized spacial score (nSPS) is 24.1. The molecule has 0 bridgehead atoms. The average molecular weight is 458 g/mol. The van der Waals surface area contributed by atoms with Crippen LogP contribution in [-0.4, -0.2) is 22.7 Å². The summed E-state index contributed by atoms with van der Waals surface area (Å²) < 4.78 is 65.9. The Kier molecular flexibility index (Phi) is 5.24. The molecule has 2 aromatic carbocycles. The van der Waals surface area contributed by atoms with Gasteiger partial charge in [-0.15, -0.1) is 0 Å². The molecule has 2 aromatic rings. The van der Waals surface area contributed by atoms with Gasteiger partial charge in [-0.05, 0) is 61.1 Å². The van der Waals surface area contributed by atoms with E-state index >= 15 is 0 Å².